The number of unbranched alkanes of at least 4 members (excludes halogenated alkanes) is 55. The molecule has 0 aliphatic carbocycles. The van der Waals surface area contributed by atoms with Crippen LogP contribution in [-0.4, -0.2) is 47.4 Å². The molecular weight excluding hydrogens is 1040 g/mol. The molecule has 2 atom stereocenters. The minimum absolute atomic E-state index is 0.00421. The molecule has 0 saturated heterocycles. The van der Waals surface area contributed by atoms with E-state index < -0.39 is 12.1 Å². The molecule has 0 aliphatic rings. The standard InChI is InChI=1S/C79H149NO5/c1-3-5-7-9-11-13-15-17-19-20-21-34-37-40-44-47-51-55-59-63-67-71-77(82)76(75-81)80-78(83)72-68-64-60-56-52-48-45-41-38-35-32-30-28-26-24-22-23-25-27-29-31-33-36-39-42-46-50-54-58-62-66-70-74-85-79(84)73-69-65-61-57-53-49-43-18-16-14-12-10-8-6-4-2/h12,14,18,25,27,43,67,71,76-77,81-82H,3-11,13,15-17,19-24,26,28-42,44-66,68-70,72-75H2,1-2H3,(H,80,83)/b14-12-,27-25-,43-18-,71-67+. The fraction of sp³-hybridized carbons (Fsp3) is 0.873. The van der Waals surface area contributed by atoms with Crippen LogP contribution >= 0.6 is 0 Å². The van der Waals surface area contributed by atoms with Crippen molar-refractivity contribution in [2.45, 2.75) is 431 Å². The van der Waals surface area contributed by atoms with Gasteiger partial charge in [0.2, 0.25) is 5.91 Å². The van der Waals surface area contributed by atoms with Crippen LogP contribution in [0.4, 0.5) is 0 Å². The van der Waals surface area contributed by atoms with Gasteiger partial charge in [0.1, 0.15) is 0 Å². The van der Waals surface area contributed by atoms with Crippen molar-refractivity contribution >= 4 is 11.9 Å². The van der Waals surface area contributed by atoms with Gasteiger partial charge < -0.3 is 20.3 Å². The Bertz CT molecular complexity index is 1420. The second-order valence-corrected chi connectivity index (χ2v) is 26.3. The van der Waals surface area contributed by atoms with E-state index >= 15 is 0 Å². The highest BCUT2D eigenvalue weighted by Crippen LogP contribution is 2.19. The molecule has 1 amide bonds. The largest absolute Gasteiger partial charge is 0.466 e. The molecule has 6 heteroatoms. The van der Waals surface area contributed by atoms with Gasteiger partial charge in [0.15, 0.2) is 0 Å². The molecule has 0 aromatic carbocycles. The monoisotopic (exact) mass is 1190 g/mol. The Hall–Kier alpha value is -2.18. The van der Waals surface area contributed by atoms with Crippen molar-refractivity contribution in [1.29, 1.82) is 0 Å². The number of carbonyl (C=O) groups is 2. The summed E-state index contributed by atoms with van der Waals surface area (Å²) < 4.78 is 5.49. The number of esters is 1. The maximum absolute atomic E-state index is 12.5. The van der Waals surface area contributed by atoms with Crippen LogP contribution in [0.1, 0.15) is 418 Å². The zero-order chi connectivity index (χ0) is 61.3. The number of allylic oxidation sites excluding steroid dienone is 7. The second-order valence-electron chi connectivity index (χ2n) is 26.3. The van der Waals surface area contributed by atoms with Crippen LogP contribution < -0.4 is 5.32 Å². The summed E-state index contributed by atoms with van der Waals surface area (Å²) in [7, 11) is 0. The summed E-state index contributed by atoms with van der Waals surface area (Å²) in [6.07, 6.45) is 97.9. The number of amides is 1. The number of aliphatic hydroxyl groups is 2. The van der Waals surface area contributed by atoms with E-state index in [1.807, 2.05) is 6.08 Å². The molecule has 0 rings (SSSR count). The SMILES string of the molecule is CCCCC/C=C\C/C=C\CCCCCCCC(=O)OCCCCCCCCCCCCCC/C=C\CCCCCCCCCCCCCCCCCCC(=O)NC(CO)C(O)/C=C/CCCCCCCCCCCCCCCCCCCCC. The van der Waals surface area contributed by atoms with E-state index in [1.54, 1.807) is 6.08 Å². The highest BCUT2D eigenvalue weighted by atomic mass is 16.5. The topological polar surface area (TPSA) is 95.9 Å². The Morgan fingerprint density at radius 3 is 0.929 bits per heavy atom. The highest BCUT2D eigenvalue weighted by Gasteiger charge is 2.18. The Kier molecular flexibility index (Phi) is 72.4. The van der Waals surface area contributed by atoms with Crippen molar-refractivity contribution in [3.63, 3.8) is 0 Å². The molecule has 0 heterocycles. The number of ether oxygens (including phenoxy) is 1. The summed E-state index contributed by atoms with van der Waals surface area (Å²) in [5.41, 5.74) is 0. The summed E-state index contributed by atoms with van der Waals surface area (Å²) in [5, 5.41) is 23.3. The summed E-state index contributed by atoms with van der Waals surface area (Å²) in [4.78, 5) is 24.6. The molecule has 0 bridgehead atoms. The molecule has 0 fully saturated rings. The maximum atomic E-state index is 12.5. The van der Waals surface area contributed by atoms with Gasteiger partial charge in [-0.05, 0) is 89.9 Å². The van der Waals surface area contributed by atoms with Crippen molar-refractivity contribution in [1.82, 2.24) is 5.32 Å². The lowest BCUT2D eigenvalue weighted by Crippen LogP contribution is -2.45. The lowest BCUT2D eigenvalue weighted by Gasteiger charge is -2.20. The van der Waals surface area contributed by atoms with Gasteiger partial charge >= 0.3 is 5.97 Å². The lowest BCUT2D eigenvalue weighted by molar-refractivity contribution is -0.143. The Morgan fingerprint density at radius 1 is 0.329 bits per heavy atom. The molecule has 0 saturated carbocycles. The van der Waals surface area contributed by atoms with Crippen LogP contribution in [0.2, 0.25) is 0 Å². The van der Waals surface area contributed by atoms with Gasteiger partial charge in [-0.15, -0.1) is 0 Å². The first-order valence-corrected chi connectivity index (χ1v) is 38.4. The van der Waals surface area contributed by atoms with Crippen molar-refractivity contribution in [2.75, 3.05) is 13.2 Å². The third-order valence-corrected chi connectivity index (χ3v) is 17.8. The minimum atomic E-state index is -0.844. The number of carbonyl (C=O) groups excluding carboxylic acids is 2. The number of aliphatic hydroxyl groups excluding tert-OH is 2. The van der Waals surface area contributed by atoms with E-state index in [1.165, 1.54) is 340 Å². The molecular formula is C79H149NO5. The normalized spacial score (nSPS) is 12.8. The fourth-order valence-corrected chi connectivity index (χ4v) is 12.0. The Labute approximate surface area is 531 Å². The molecule has 3 N–H and O–H groups in total. The lowest BCUT2D eigenvalue weighted by atomic mass is 10.0. The number of rotatable bonds is 72. The molecule has 0 aliphatic heterocycles. The van der Waals surface area contributed by atoms with Crippen molar-refractivity contribution < 1.29 is 24.5 Å². The summed E-state index contributed by atoms with van der Waals surface area (Å²) in [6.45, 7) is 4.91. The molecule has 0 aromatic heterocycles. The highest BCUT2D eigenvalue weighted by molar-refractivity contribution is 5.76. The van der Waals surface area contributed by atoms with Crippen LogP contribution in [0.15, 0.2) is 48.6 Å². The van der Waals surface area contributed by atoms with Crippen LogP contribution in [0, 0.1) is 0 Å². The number of hydrogen-bond acceptors (Lipinski definition) is 5. The summed E-state index contributed by atoms with van der Waals surface area (Å²) >= 11 is 0. The van der Waals surface area contributed by atoms with Gasteiger partial charge in [0, 0.05) is 12.8 Å². The Morgan fingerprint density at radius 2 is 0.588 bits per heavy atom. The van der Waals surface area contributed by atoms with E-state index in [0.29, 0.717) is 19.4 Å². The average Bonchev–Trinajstić information content (AvgIpc) is 3.51. The first-order valence-electron chi connectivity index (χ1n) is 38.4. The van der Waals surface area contributed by atoms with E-state index in [9.17, 15) is 19.8 Å². The molecule has 500 valence electrons. The predicted molar refractivity (Wildman–Crippen MR) is 375 cm³/mol. The van der Waals surface area contributed by atoms with Gasteiger partial charge in [-0.25, -0.2) is 0 Å². The zero-order valence-electron chi connectivity index (χ0n) is 57.4. The van der Waals surface area contributed by atoms with E-state index in [4.69, 9.17) is 4.74 Å². The molecule has 2 unspecified atom stereocenters. The first kappa shape index (κ1) is 82.8. The maximum Gasteiger partial charge on any atom is 0.305 e. The van der Waals surface area contributed by atoms with Gasteiger partial charge in [-0.3, -0.25) is 9.59 Å². The molecule has 0 spiro atoms. The number of nitrogens with one attached hydrogen (secondary N) is 1. The smallest absolute Gasteiger partial charge is 0.305 e. The first-order chi connectivity index (χ1) is 42.0. The van der Waals surface area contributed by atoms with E-state index in [0.717, 1.165) is 51.4 Å². The average molecular weight is 1190 g/mol. The van der Waals surface area contributed by atoms with Crippen molar-refractivity contribution in [2.24, 2.45) is 0 Å². The molecule has 6 nitrogen and oxygen atoms in total. The van der Waals surface area contributed by atoms with Crippen molar-refractivity contribution in [3.05, 3.63) is 48.6 Å². The van der Waals surface area contributed by atoms with Crippen molar-refractivity contribution in [3.8, 4) is 0 Å². The quantitative estimate of drug-likeness (QED) is 0.0320. The van der Waals surface area contributed by atoms with Crippen LogP contribution in [0.5, 0.6) is 0 Å². The van der Waals surface area contributed by atoms with Gasteiger partial charge in [0.05, 0.1) is 25.4 Å². The van der Waals surface area contributed by atoms with Crippen LogP contribution in [-0.2, 0) is 14.3 Å². The molecule has 85 heavy (non-hydrogen) atoms. The molecule has 0 aromatic rings. The van der Waals surface area contributed by atoms with Gasteiger partial charge in [-0.2, -0.15) is 0 Å². The predicted octanol–water partition coefficient (Wildman–Crippen LogP) is 25.2. The second kappa shape index (κ2) is 74.3. The van der Waals surface area contributed by atoms with Crippen LogP contribution in [0.25, 0.3) is 0 Å². The summed E-state index contributed by atoms with van der Waals surface area (Å²) in [5.74, 6) is -0.0573. The third kappa shape index (κ3) is 70.8. The third-order valence-electron chi connectivity index (χ3n) is 17.8. The molecule has 0 radical (unpaired) electrons. The fourth-order valence-electron chi connectivity index (χ4n) is 12.0. The van der Waals surface area contributed by atoms with Crippen LogP contribution in [0.3, 0.4) is 0 Å². The van der Waals surface area contributed by atoms with Gasteiger partial charge in [-0.1, -0.05) is 364 Å². The van der Waals surface area contributed by atoms with E-state index in [-0.39, 0.29) is 18.5 Å². The Balaban J connectivity index is 3.39. The van der Waals surface area contributed by atoms with Gasteiger partial charge in [0.25, 0.3) is 0 Å². The minimum Gasteiger partial charge on any atom is -0.466 e. The zero-order valence-corrected chi connectivity index (χ0v) is 57.4. The van der Waals surface area contributed by atoms with E-state index in [2.05, 4.69) is 55.6 Å². The number of hydrogen-bond donors (Lipinski definition) is 3. The summed E-state index contributed by atoms with van der Waals surface area (Å²) in [6, 6.07) is -0.627.